The lowest BCUT2D eigenvalue weighted by Gasteiger charge is -2.32. The first-order chi connectivity index (χ1) is 13.4. The fourth-order valence-corrected chi connectivity index (χ4v) is 3.57. The van der Waals surface area contributed by atoms with E-state index in [2.05, 4.69) is 41.5 Å². The van der Waals surface area contributed by atoms with Gasteiger partial charge < -0.3 is 9.47 Å². The Morgan fingerprint density at radius 1 is 0.633 bits per heavy atom. The molecule has 0 amide bonds. The number of rotatable bonds is 12. The molecule has 7 nitrogen and oxygen atoms in total. The van der Waals surface area contributed by atoms with Crippen molar-refractivity contribution in [3.05, 3.63) is 0 Å². The predicted molar refractivity (Wildman–Crippen MR) is 116 cm³/mol. The quantitative estimate of drug-likeness (QED) is 0.143. The summed E-state index contributed by atoms with van der Waals surface area (Å²) in [5.41, 5.74) is -0.914. The van der Waals surface area contributed by atoms with Crippen LogP contribution in [-0.4, -0.2) is 29.9 Å². The van der Waals surface area contributed by atoms with Crippen molar-refractivity contribution in [1.29, 1.82) is 0 Å². The molecular formula is C23H46O7. The summed E-state index contributed by atoms with van der Waals surface area (Å²) >= 11 is 0. The lowest BCUT2D eigenvalue weighted by atomic mass is 9.84. The van der Waals surface area contributed by atoms with E-state index < -0.39 is 29.9 Å². The van der Waals surface area contributed by atoms with Crippen molar-refractivity contribution in [3.8, 4) is 0 Å². The van der Waals surface area contributed by atoms with Gasteiger partial charge in [-0.2, -0.15) is 9.78 Å². The highest BCUT2D eigenvalue weighted by Crippen LogP contribution is 2.31. The molecule has 180 valence electrons. The smallest absolute Gasteiger partial charge is 0.401 e. The van der Waals surface area contributed by atoms with Crippen LogP contribution >= 0.6 is 0 Å². The van der Waals surface area contributed by atoms with Crippen LogP contribution in [0, 0.1) is 10.8 Å². The van der Waals surface area contributed by atoms with E-state index in [0.29, 0.717) is 12.8 Å². The van der Waals surface area contributed by atoms with E-state index in [0.717, 1.165) is 12.8 Å². The summed E-state index contributed by atoms with van der Waals surface area (Å²) in [7, 11) is 0. The highest BCUT2D eigenvalue weighted by atomic mass is 17.2. The monoisotopic (exact) mass is 434 g/mol. The molecule has 0 radical (unpaired) electrons. The molecule has 7 heteroatoms. The van der Waals surface area contributed by atoms with Crippen molar-refractivity contribution < 1.29 is 33.8 Å². The summed E-state index contributed by atoms with van der Waals surface area (Å²) in [5.74, 6) is 0. The molecule has 2 atom stereocenters. The second kappa shape index (κ2) is 11.7. The number of ether oxygens (including phenoxy) is 2. The van der Waals surface area contributed by atoms with Crippen molar-refractivity contribution in [3.63, 3.8) is 0 Å². The summed E-state index contributed by atoms with van der Waals surface area (Å²) in [6, 6.07) is 0. The highest BCUT2D eigenvalue weighted by molar-refractivity contribution is 5.60. The molecule has 0 aromatic heterocycles. The van der Waals surface area contributed by atoms with E-state index in [9.17, 15) is 4.79 Å². The Morgan fingerprint density at radius 3 is 1.17 bits per heavy atom. The average molecular weight is 435 g/mol. The Labute approximate surface area is 183 Å². The van der Waals surface area contributed by atoms with Crippen LogP contribution in [0.1, 0.15) is 109 Å². The minimum absolute atomic E-state index is 0.0702. The molecule has 30 heavy (non-hydrogen) atoms. The topological polar surface area (TPSA) is 72.5 Å². The maximum Gasteiger partial charge on any atom is 0.513 e. The van der Waals surface area contributed by atoms with Gasteiger partial charge in [0, 0.05) is 12.8 Å². The van der Waals surface area contributed by atoms with Gasteiger partial charge in [-0.05, 0) is 51.4 Å². The van der Waals surface area contributed by atoms with Crippen LogP contribution < -0.4 is 0 Å². The highest BCUT2D eigenvalue weighted by Gasteiger charge is 2.31. The van der Waals surface area contributed by atoms with Gasteiger partial charge >= 0.3 is 6.16 Å². The second-order valence-corrected chi connectivity index (χ2v) is 11.5. The van der Waals surface area contributed by atoms with Gasteiger partial charge in [-0.15, -0.1) is 0 Å². The summed E-state index contributed by atoms with van der Waals surface area (Å²) in [6.07, 6.45) is -0.299. The van der Waals surface area contributed by atoms with Gasteiger partial charge in [0.1, 0.15) is 0 Å². The van der Waals surface area contributed by atoms with E-state index in [1.54, 1.807) is 0 Å². The maximum absolute atomic E-state index is 12.2. The zero-order valence-corrected chi connectivity index (χ0v) is 21.3. The first kappa shape index (κ1) is 29.1. The normalized spacial score (nSPS) is 15.6. The number of carbonyl (C=O) groups excluding carboxylic acids is 1. The van der Waals surface area contributed by atoms with E-state index >= 15 is 0 Å². The van der Waals surface area contributed by atoms with Crippen molar-refractivity contribution in [2.75, 3.05) is 0 Å². The Balaban J connectivity index is 4.60. The van der Waals surface area contributed by atoms with Crippen LogP contribution in [0.5, 0.6) is 0 Å². The molecule has 0 N–H and O–H groups in total. The van der Waals surface area contributed by atoms with Gasteiger partial charge in [0.2, 0.25) is 12.6 Å². The average Bonchev–Trinajstić information content (AvgIpc) is 2.50. The van der Waals surface area contributed by atoms with Gasteiger partial charge in [0.25, 0.3) is 0 Å². The largest absolute Gasteiger partial charge is 0.513 e. The van der Waals surface area contributed by atoms with Gasteiger partial charge in [0.15, 0.2) is 0 Å². The van der Waals surface area contributed by atoms with Crippen LogP contribution in [0.15, 0.2) is 0 Å². The Bertz CT molecular complexity index is 457. The fourth-order valence-electron chi connectivity index (χ4n) is 3.57. The van der Waals surface area contributed by atoms with Crippen LogP contribution in [0.2, 0.25) is 0 Å². The van der Waals surface area contributed by atoms with Crippen molar-refractivity contribution in [2.24, 2.45) is 10.8 Å². The van der Waals surface area contributed by atoms with Gasteiger partial charge in [-0.3, -0.25) is 0 Å². The zero-order chi connectivity index (χ0) is 23.8. The molecule has 0 spiro atoms. The van der Waals surface area contributed by atoms with Gasteiger partial charge in [0.05, 0.1) is 11.2 Å². The molecule has 0 aliphatic carbocycles. The van der Waals surface area contributed by atoms with Crippen molar-refractivity contribution >= 4 is 6.16 Å². The first-order valence-corrected chi connectivity index (χ1v) is 10.9. The summed E-state index contributed by atoms with van der Waals surface area (Å²) in [4.78, 5) is 34.0. The van der Waals surface area contributed by atoms with Crippen LogP contribution in [0.4, 0.5) is 4.79 Å². The van der Waals surface area contributed by atoms with Crippen LogP contribution in [-0.2, 0) is 29.0 Å². The standard InChI is InChI=1S/C23H46O7/c1-13-17(27-29-22(9,10)15-20(3,4)5)25-19(24)26-18(14-2)28-30-23(11,12)16-21(6,7)8/h17-18H,13-16H2,1-12H3. The van der Waals surface area contributed by atoms with Crippen molar-refractivity contribution in [1.82, 2.24) is 0 Å². The predicted octanol–water partition coefficient (Wildman–Crippen LogP) is 6.94. The molecule has 0 aromatic carbocycles. The fraction of sp³-hybridized carbons (Fsp3) is 0.957. The molecular weight excluding hydrogens is 388 g/mol. The Morgan fingerprint density at radius 2 is 0.933 bits per heavy atom. The molecule has 0 saturated heterocycles. The molecule has 0 aliphatic heterocycles. The molecule has 2 unspecified atom stereocenters. The first-order valence-electron chi connectivity index (χ1n) is 10.9. The minimum atomic E-state index is -0.900. The van der Waals surface area contributed by atoms with E-state index in [4.69, 9.17) is 29.0 Å². The third kappa shape index (κ3) is 15.0. The van der Waals surface area contributed by atoms with Crippen LogP contribution in [0.25, 0.3) is 0 Å². The third-order valence-electron chi connectivity index (χ3n) is 3.80. The molecule has 0 saturated carbocycles. The Hall–Kier alpha value is -0.890. The Kier molecular flexibility index (Phi) is 11.3. The van der Waals surface area contributed by atoms with Gasteiger partial charge in [-0.1, -0.05) is 55.4 Å². The maximum atomic E-state index is 12.2. The molecule has 0 rings (SSSR count). The van der Waals surface area contributed by atoms with Gasteiger partial charge in [-0.25, -0.2) is 14.6 Å². The zero-order valence-electron chi connectivity index (χ0n) is 21.3. The summed E-state index contributed by atoms with van der Waals surface area (Å²) in [6.45, 7) is 24.1. The van der Waals surface area contributed by atoms with Crippen molar-refractivity contribution in [2.45, 2.75) is 133 Å². The molecule has 0 heterocycles. The minimum Gasteiger partial charge on any atom is -0.401 e. The third-order valence-corrected chi connectivity index (χ3v) is 3.80. The van der Waals surface area contributed by atoms with E-state index in [1.165, 1.54) is 0 Å². The second-order valence-electron chi connectivity index (χ2n) is 11.5. The number of carbonyl (C=O) groups is 1. The number of hydrogen-bond donors (Lipinski definition) is 0. The molecule has 0 aliphatic rings. The number of hydrogen-bond acceptors (Lipinski definition) is 7. The van der Waals surface area contributed by atoms with E-state index in [1.807, 2.05) is 41.5 Å². The molecule has 0 aromatic rings. The lowest BCUT2D eigenvalue weighted by molar-refractivity contribution is -0.426. The summed E-state index contributed by atoms with van der Waals surface area (Å²) < 4.78 is 10.5. The lowest BCUT2D eigenvalue weighted by Crippen LogP contribution is -2.35. The molecule has 0 bridgehead atoms. The summed E-state index contributed by atoms with van der Waals surface area (Å²) in [5, 5.41) is 0. The SMILES string of the molecule is CCC(OOC(C)(C)CC(C)(C)C)OC(=O)OC(CC)OOC(C)(C)CC(C)(C)C. The van der Waals surface area contributed by atoms with Crippen LogP contribution in [0.3, 0.4) is 0 Å². The molecule has 0 fully saturated rings. The van der Waals surface area contributed by atoms with E-state index in [-0.39, 0.29) is 10.8 Å².